The van der Waals surface area contributed by atoms with E-state index in [1.165, 1.54) is 0 Å². The first kappa shape index (κ1) is 27.4. The molecule has 0 aliphatic carbocycles. The number of Topliss-reactive ketones (excluding diaryl/α,β-unsaturated/α-hetero) is 1. The summed E-state index contributed by atoms with van der Waals surface area (Å²) in [5, 5.41) is 0.669. The van der Waals surface area contributed by atoms with Crippen LogP contribution in [0.25, 0.3) is 22.1 Å². The SMILES string of the molecule is C=CCOc1[c-]c2oc(=O)c(CC(=O)c3ccc(OC)c(-c4cccc(OC)c4)c3)cc2cc1C.[Y]. The molecule has 0 atom stereocenters. The second-order valence-corrected chi connectivity index (χ2v) is 7.97. The Morgan fingerprint density at radius 1 is 1.08 bits per heavy atom. The Labute approximate surface area is 234 Å². The predicted octanol–water partition coefficient (Wildman–Crippen LogP) is 5.57. The topological polar surface area (TPSA) is 75.0 Å². The van der Waals surface area contributed by atoms with Crippen LogP contribution in [0.2, 0.25) is 0 Å². The van der Waals surface area contributed by atoms with Crippen LogP contribution in [-0.2, 0) is 39.1 Å². The van der Waals surface area contributed by atoms with Gasteiger partial charge in [-0.05, 0) is 35.9 Å². The van der Waals surface area contributed by atoms with Crippen LogP contribution in [0.1, 0.15) is 21.5 Å². The van der Waals surface area contributed by atoms with Crippen LogP contribution in [0.15, 0.2) is 76.5 Å². The van der Waals surface area contributed by atoms with E-state index in [1.54, 1.807) is 44.6 Å². The van der Waals surface area contributed by atoms with Crippen molar-refractivity contribution in [3.63, 3.8) is 0 Å². The quantitative estimate of drug-likeness (QED) is 0.116. The third-order valence-electron chi connectivity index (χ3n) is 5.60. The molecular weight excluding hydrogens is 533 g/mol. The van der Waals surface area contributed by atoms with Crippen molar-refractivity contribution in [2.75, 3.05) is 20.8 Å². The van der Waals surface area contributed by atoms with Crippen LogP contribution in [-0.4, -0.2) is 26.6 Å². The fourth-order valence-corrected chi connectivity index (χ4v) is 3.82. The molecule has 181 valence electrons. The molecule has 0 saturated carbocycles. The molecule has 0 amide bonds. The summed E-state index contributed by atoms with van der Waals surface area (Å²) in [7, 11) is 3.17. The standard InChI is InChI=1S/C29H25O6.Y/c1-5-11-34-27-17-28-21(12-18(27)2)13-22(29(31)35-28)16-25(30)20-9-10-26(33-4)24(15-20)19-7-6-8-23(14-19)32-3;/h5-10,12-15H,1,11,16H2,2-4H3;/q-1;. The summed E-state index contributed by atoms with van der Waals surface area (Å²) in [5.74, 6) is 1.60. The van der Waals surface area contributed by atoms with Crippen molar-refractivity contribution >= 4 is 16.8 Å². The van der Waals surface area contributed by atoms with E-state index in [-0.39, 0.29) is 56.1 Å². The van der Waals surface area contributed by atoms with Gasteiger partial charge in [-0.1, -0.05) is 49.2 Å². The van der Waals surface area contributed by atoms with Gasteiger partial charge in [0.25, 0.3) is 0 Å². The Morgan fingerprint density at radius 2 is 1.89 bits per heavy atom. The Hall–Kier alpha value is -3.22. The number of ketones is 1. The summed E-state index contributed by atoms with van der Waals surface area (Å²) in [6.45, 7) is 5.82. The molecule has 7 heteroatoms. The first-order chi connectivity index (χ1) is 16.9. The molecular formula is C29H25O6Y-. The molecule has 4 aromatic rings. The van der Waals surface area contributed by atoms with Crippen LogP contribution in [0.5, 0.6) is 17.2 Å². The van der Waals surface area contributed by atoms with Gasteiger partial charge in [-0.15, -0.1) is 5.56 Å². The number of ether oxygens (including phenoxy) is 3. The van der Waals surface area contributed by atoms with Crippen molar-refractivity contribution in [1.29, 1.82) is 0 Å². The average molecular weight is 558 g/mol. The van der Waals surface area contributed by atoms with Gasteiger partial charge in [0.2, 0.25) is 0 Å². The minimum atomic E-state index is -0.581. The van der Waals surface area contributed by atoms with E-state index in [9.17, 15) is 9.59 Å². The van der Waals surface area contributed by atoms with Gasteiger partial charge in [-0.25, -0.2) is 4.79 Å². The molecule has 3 aromatic carbocycles. The number of benzene rings is 3. The number of hydrogen-bond acceptors (Lipinski definition) is 6. The van der Waals surface area contributed by atoms with Crippen molar-refractivity contribution in [3.8, 4) is 28.4 Å². The normalized spacial score (nSPS) is 10.4. The molecule has 36 heavy (non-hydrogen) atoms. The van der Waals surface area contributed by atoms with E-state index in [2.05, 4.69) is 12.6 Å². The molecule has 0 aliphatic heterocycles. The van der Waals surface area contributed by atoms with Gasteiger partial charge in [0.05, 0.1) is 14.2 Å². The van der Waals surface area contributed by atoms with E-state index in [1.807, 2.05) is 37.3 Å². The Kier molecular flexibility index (Phi) is 9.24. The largest absolute Gasteiger partial charge is 0.515 e. The molecule has 0 N–H and O–H groups in total. The number of methoxy groups -OCH3 is 2. The van der Waals surface area contributed by atoms with Gasteiger partial charge in [-0.3, -0.25) is 4.79 Å². The van der Waals surface area contributed by atoms with E-state index in [4.69, 9.17) is 18.6 Å². The van der Waals surface area contributed by atoms with Crippen LogP contribution < -0.4 is 19.8 Å². The number of fused-ring (bicyclic) bond motifs is 1. The Bertz CT molecular complexity index is 1470. The molecule has 0 unspecified atom stereocenters. The molecule has 6 nitrogen and oxygen atoms in total. The fraction of sp³-hybridized carbons (Fsp3) is 0.172. The zero-order valence-electron chi connectivity index (χ0n) is 20.4. The van der Waals surface area contributed by atoms with E-state index in [0.29, 0.717) is 34.8 Å². The van der Waals surface area contributed by atoms with Crippen molar-refractivity contribution in [2.45, 2.75) is 13.3 Å². The summed E-state index contributed by atoms with van der Waals surface area (Å²) < 4.78 is 21.8. The van der Waals surface area contributed by atoms with Crippen molar-refractivity contribution < 1.29 is 56.1 Å². The second kappa shape index (κ2) is 12.2. The number of hydrogen-bond donors (Lipinski definition) is 0. The summed E-state index contributed by atoms with van der Waals surface area (Å²) in [4.78, 5) is 25.8. The molecule has 0 aliphatic rings. The molecule has 1 radical (unpaired) electrons. The number of carbonyl (C=O) groups is 1. The summed E-state index contributed by atoms with van der Waals surface area (Å²) in [6.07, 6.45) is 1.52. The molecule has 0 saturated heterocycles. The maximum Gasteiger partial charge on any atom is 0.336 e. The molecule has 1 heterocycles. The molecule has 0 fully saturated rings. The zero-order valence-corrected chi connectivity index (χ0v) is 23.3. The Balaban J connectivity index is 0.00000361. The fourth-order valence-electron chi connectivity index (χ4n) is 3.82. The third-order valence-corrected chi connectivity index (χ3v) is 5.60. The minimum Gasteiger partial charge on any atom is -0.515 e. The van der Waals surface area contributed by atoms with E-state index in [0.717, 1.165) is 16.7 Å². The van der Waals surface area contributed by atoms with Gasteiger partial charge >= 0.3 is 5.63 Å². The minimum absolute atomic E-state index is 0. The Morgan fingerprint density at radius 3 is 2.61 bits per heavy atom. The molecule has 1 aromatic heterocycles. The monoisotopic (exact) mass is 558 g/mol. The molecule has 0 spiro atoms. The van der Waals surface area contributed by atoms with Gasteiger partial charge in [0.15, 0.2) is 5.78 Å². The average Bonchev–Trinajstić information content (AvgIpc) is 2.88. The smallest absolute Gasteiger partial charge is 0.336 e. The number of rotatable bonds is 9. The number of aryl methyl sites for hydroxylation is 1. The predicted molar refractivity (Wildman–Crippen MR) is 135 cm³/mol. The van der Waals surface area contributed by atoms with Crippen molar-refractivity contribution in [1.82, 2.24) is 0 Å². The zero-order chi connectivity index (χ0) is 24.9. The summed E-state index contributed by atoms with van der Waals surface area (Å²) in [5.41, 5.74) is 2.86. The van der Waals surface area contributed by atoms with Crippen LogP contribution in [0.3, 0.4) is 0 Å². The van der Waals surface area contributed by atoms with E-state index < -0.39 is 5.63 Å². The van der Waals surface area contributed by atoms with Gasteiger partial charge in [-0.2, -0.15) is 6.07 Å². The van der Waals surface area contributed by atoms with Gasteiger partial charge in [0.1, 0.15) is 18.1 Å². The third kappa shape index (κ3) is 5.94. The van der Waals surface area contributed by atoms with Crippen LogP contribution in [0.4, 0.5) is 0 Å². The second-order valence-electron chi connectivity index (χ2n) is 7.97. The van der Waals surface area contributed by atoms with Crippen molar-refractivity contribution in [3.05, 3.63) is 100 Å². The maximum absolute atomic E-state index is 13.2. The van der Waals surface area contributed by atoms with Gasteiger partial charge < -0.3 is 18.6 Å². The maximum atomic E-state index is 13.2. The first-order valence-corrected chi connectivity index (χ1v) is 11.0. The van der Waals surface area contributed by atoms with Crippen LogP contribution in [0, 0.1) is 13.0 Å². The summed E-state index contributed by atoms with van der Waals surface area (Å²) in [6, 6.07) is 19.2. The summed E-state index contributed by atoms with van der Waals surface area (Å²) >= 11 is 0. The molecule has 4 rings (SSSR count). The molecule has 0 bridgehead atoms. The van der Waals surface area contributed by atoms with E-state index >= 15 is 0 Å². The van der Waals surface area contributed by atoms with Crippen LogP contribution >= 0.6 is 0 Å². The van der Waals surface area contributed by atoms with Crippen molar-refractivity contribution in [2.24, 2.45) is 0 Å². The first-order valence-electron chi connectivity index (χ1n) is 11.0. The van der Waals surface area contributed by atoms with Gasteiger partial charge in [0, 0.05) is 67.2 Å². The number of carbonyl (C=O) groups excluding carboxylic acids is 1.